The first-order valence-electron chi connectivity index (χ1n) is 5.18. The second-order valence-electron chi connectivity index (χ2n) is 3.75. The molecule has 1 aromatic heterocycles. The first-order chi connectivity index (χ1) is 8.92. The highest BCUT2D eigenvalue weighted by Crippen LogP contribution is 2.27. The van der Waals surface area contributed by atoms with Crippen molar-refractivity contribution in [1.82, 2.24) is 4.98 Å². The van der Waals surface area contributed by atoms with Crippen molar-refractivity contribution in [3.05, 3.63) is 45.7 Å². The Hall–Kier alpha value is -1.02. The van der Waals surface area contributed by atoms with Crippen molar-refractivity contribution in [1.29, 1.82) is 0 Å². The summed E-state index contributed by atoms with van der Waals surface area (Å²) in [6, 6.07) is 6.08. The van der Waals surface area contributed by atoms with Gasteiger partial charge >= 0.3 is 0 Å². The predicted octanol–water partition coefficient (Wildman–Crippen LogP) is 2.72. The molecule has 2 rings (SSSR count). The third kappa shape index (κ3) is 3.30. The third-order valence-electron chi connectivity index (χ3n) is 2.37. The van der Waals surface area contributed by atoms with Crippen LogP contribution in [0, 0.1) is 0 Å². The highest BCUT2D eigenvalue weighted by Gasteiger charge is 2.16. The van der Waals surface area contributed by atoms with Crippen LogP contribution >= 0.6 is 27.5 Å². The Morgan fingerprint density at radius 1 is 1.37 bits per heavy atom. The molecule has 0 aliphatic carbocycles. The number of nitrogens with one attached hydrogen (secondary N) is 2. The molecule has 0 aliphatic heterocycles. The molecule has 0 aliphatic rings. The maximum Gasteiger partial charge on any atom is 0.263 e. The number of H-pyrrole nitrogens is 1. The minimum absolute atomic E-state index is 0.0580. The average molecular weight is 366 g/mol. The Morgan fingerprint density at radius 2 is 2.11 bits per heavy atom. The van der Waals surface area contributed by atoms with E-state index in [0.717, 1.165) is 0 Å². The molecule has 102 valence electrons. The van der Waals surface area contributed by atoms with Crippen LogP contribution < -0.4 is 4.72 Å². The quantitative estimate of drug-likeness (QED) is 0.779. The van der Waals surface area contributed by atoms with Crippen LogP contribution in [0.1, 0.15) is 5.69 Å². The van der Waals surface area contributed by atoms with Crippen LogP contribution in [0.2, 0.25) is 5.02 Å². The first kappa shape index (κ1) is 14.4. The number of halogens is 2. The van der Waals surface area contributed by atoms with E-state index in [1.165, 1.54) is 12.3 Å². The summed E-state index contributed by atoms with van der Waals surface area (Å²) in [5.74, 6) is 0. The summed E-state index contributed by atoms with van der Waals surface area (Å²) in [6.07, 6.45) is 1.32. The normalized spacial score (nSPS) is 11.5. The van der Waals surface area contributed by atoms with E-state index in [2.05, 4.69) is 25.6 Å². The zero-order valence-corrected chi connectivity index (χ0v) is 12.7. The van der Waals surface area contributed by atoms with E-state index in [1.807, 2.05) is 0 Å². The molecular formula is C11H10BrClN2O3S. The first-order valence-corrected chi connectivity index (χ1v) is 7.84. The van der Waals surface area contributed by atoms with Gasteiger partial charge in [0.1, 0.15) is 4.90 Å². The summed E-state index contributed by atoms with van der Waals surface area (Å²) < 4.78 is 27.2. The van der Waals surface area contributed by atoms with Gasteiger partial charge in [0, 0.05) is 16.4 Å². The Labute approximate surface area is 123 Å². The van der Waals surface area contributed by atoms with Gasteiger partial charge in [0.05, 0.1) is 17.3 Å². The summed E-state index contributed by atoms with van der Waals surface area (Å²) in [6.45, 7) is -0.248. The van der Waals surface area contributed by atoms with Crippen LogP contribution in [0.5, 0.6) is 0 Å². The minimum atomic E-state index is -3.69. The van der Waals surface area contributed by atoms with E-state index in [-0.39, 0.29) is 11.5 Å². The largest absolute Gasteiger partial charge is 0.390 e. The maximum atomic E-state index is 12.1. The Balaban J connectivity index is 2.28. The van der Waals surface area contributed by atoms with Crippen LogP contribution in [0.15, 0.2) is 39.8 Å². The number of rotatable bonds is 4. The third-order valence-corrected chi connectivity index (χ3v) is 4.94. The average Bonchev–Trinajstić information content (AvgIpc) is 2.83. The fraction of sp³-hybridized carbons (Fsp3) is 0.0909. The van der Waals surface area contributed by atoms with E-state index in [0.29, 0.717) is 20.9 Å². The number of aromatic amines is 1. The number of sulfonamides is 1. The van der Waals surface area contributed by atoms with Gasteiger partial charge in [-0.2, -0.15) is 0 Å². The van der Waals surface area contributed by atoms with E-state index in [1.54, 1.807) is 18.2 Å². The minimum Gasteiger partial charge on any atom is -0.390 e. The van der Waals surface area contributed by atoms with Gasteiger partial charge in [-0.15, -0.1) is 0 Å². The molecule has 0 saturated carbocycles. The van der Waals surface area contributed by atoms with Crippen molar-refractivity contribution >= 4 is 43.2 Å². The smallest absolute Gasteiger partial charge is 0.263 e. The number of aliphatic hydroxyl groups excluding tert-OH is 1. The van der Waals surface area contributed by atoms with Crippen molar-refractivity contribution in [2.45, 2.75) is 11.5 Å². The summed E-state index contributed by atoms with van der Waals surface area (Å²) in [7, 11) is -3.69. The van der Waals surface area contributed by atoms with Crippen molar-refractivity contribution in [3.8, 4) is 0 Å². The molecule has 5 nitrogen and oxygen atoms in total. The number of aliphatic hydroxyl groups is 1. The van der Waals surface area contributed by atoms with Gasteiger partial charge in [0.2, 0.25) is 0 Å². The van der Waals surface area contributed by atoms with Crippen molar-refractivity contribution in [2.75, 3.05) is 4.72 Å². The zero-order valence-electron chi connectivity index (χ0n) is 9.52. The van der Waals surface area contributed by atoms with Gasteiger partial charge in [0.25, 0.3) is 10.0 Å². The van der Waals surface area contributed by atoms with E-state index >= 15 is 0 Å². The van der Waals surface area contributed by atoms with Crippen LogP contribution in [0.3, 0.4) is 0 Å². The van der Waals surface area contributed by atoms with Gasteiger partial charge in [0.15, 0.2) is 0 Å². The van der Waals surface area contributed by atoms with Gasteiger partial charge in [-0.05, 0) is 40.2 Å². The molecule has 19 heavy (non-hydrogen) atoms. The summed E-state index contributed by atoms with van der Waals surface area (Å²) >= 11 is 9.05. The molecule has 0 atom stereocenters. The fourth-order valence-corrected chi connectivity index (χ4v) is 3.00. The lowest BCUT2D eigenvalue weighted by Crippen LogP contribution is -2.12. The van der Waals surface area contributed by atoms with E-state index in [9.17, 15) is 8.42 Å². The number of hydrogen-bond donors (Lipinski definition) is 3. The zero-order chi connectivity index (χ0) is 14.0. The van der Waals surface area contributed by atoms with Crippen LogP contribution in [0.25, 0.3) is 0 Å². The van der Waals surface area contributed by atoms with Gasteiger partial charge in [-0.25, -0.2) is 8.42 Å². The van der Waals surface area contributed by atoms with Crippen molar-refractivity contribution in [2.24, 2.45) is 0 Å². The number of hydrogen-bond acceptors (Lipinski definition) is 3. The van der Waals surface area contributed by atoms with E-state index in [4.69, 9.17) is 16.7 Å². The molecule has 0 bridgehead atoms. The van der Waals surface area contributed by atoms with Crippen LogP contribution in [-0.4, -0.2) is 18.5 Å². The molecule has 1 heterocycles. The summed E-state index contributed by atoms with van der Waals surface area (Å²) in [5.41, 5.74) is 0.820. The lowest BCUT2D eigenvalue weighted by Gasteiger charge is -2.07. The Bertz CT molecular complexity index is 700. The van der Waals surface area contributed by atoms with Gasteiger partial charge in [-0.3, -0.25) is 4.72 Å². The van der Waals surface area contributed by atoms with Crippen LogP contribution in [-0.2, 0) is 16.6 Å². The molecule has 3 N–H and O–H groups in total. The molecule has 8 heteroatoms. The molecule has 0 saturated heterocycles. The number of anilines is 1. The SMILES string of the molecule is O=S(=O)(Nc1ccc(Cl)c(Br)c1)c1c[nH]c(CO)c1. The Kier molecular flexibility index (Phi) is 4.19. The molecule has 2 aromatic rings. The predicted molar refractivity (Wildman–Crippen MR) is 76.7 cm³/mol. The van der Waals surface area contributed by atoms with Gasteiger partial charge in [-0.1, -0.05) is 11.6 Å². The van der Waals surface area contributed by atoms with E-state index < -0.39 is 10.0 Å². The fourth-order valence-electron chi connectivity index (χ4n) is 1.44. The second-order valence-corrected chi connectivity index (χ2v) is 6.70. The lowest BCUT2D eigenvalue weighted by atomic mass is 10.3. The molecule has 0 radical (unpaired) electrons. The van der Waals surface area contributed by atoms with Crippen LogP contribution in [0.4, 0.5) is 5.69 Å². The molecule has 0 unspecified atom stereocenters. The monoisotopic (exact) mass is 364 g/mol. The highest BCUT2D eigenvalue weighted by atomic mass is 79.9. The molecule has 0 spiro atoms. The maximum absolute atomic E-state index is 12.1. The molecular weight excluding hydrogens is 356 g/mol. The van der Waals surface area contributed by atoms with Gasteiger partial charge < -0.3 is 10.1 Å². The molecule has 0 amide bonds. The summed E-state index contributed by atoms with van der Waals surface area (Å²) in [4.78, 5) is 2.73. The van der Waals surface area contributed by atoms with Crippen molar-refractivity contribution < 1.29 is 13.5 Å². The molecule has 1 aromatic carbocycles. The topological polar surface area (TPSA) is 82.2 Å². The number of benzene rings is 1. The van der Waals surface area contributed by atoms with Crippen molar-refractivity contribution in [3.63, 3.8) is 0 Å². The molecule has 0 fully saturated rings. The number of aromatic nitrogens is 1. The standard InChI is InChI=1S/C11H10BrClN2O3S/c12-10-4-7(1-2-11(10)13)15-19(17,18)9-3-8(6-16)14-5-9/h1-5,14-16H,6H2. The summed E-state index contributed by atoms with van der Waals surface area (Å²) in [5, 5.41) is 9.40. The highest BCUT2D eigenvalue weighted by molar-refractivity contribution is 9.10. The second kappa shape index (κ2) is 5.54. The lowest BCUT2D eigenvalue weighted by molar-refractivity contribution is 0.277. The Morgan fingerprint density at radius 3 is 2.68 bits per heavy atom.